The molecule has 0 saturated heterocycles. The van der Waals surface area contributed by atoms with Crippen LogP contribution in [0, 0.1) is 11.6 Å². The minimum absolute atomic E-state index is 0.0541. The molecule has 0 aliphatic carbocycles. The van der Waals surface area contributed by atoms with Crippen molar-refractivity contribution in [3.8, 4) is 0 Å². The summed E-state index contributed by atoms with van der Waals surface area (Å²) in [6.07, 6.45) is 0. The Morgan fingerprint density at radius 1 is 1.22 bits per heavy atom. The molecule has 1 aromatic heterocycles. The third-order valence-electron chi connectivity index (χ3n) is 3.40. The second-order valence-corrected chi connectivity index (χ2v) is 6.36. The number of hydrogen-bond acceptors (Lipinski definition) is 3. The Kier molecular flexibility index (Phi) is 4.79. The van der Waals surface area contributed by atoms with E-state index in [1.54, 1.807) is 0 Å². The topological polar surface area (TPSA) is 78.0 Å². The maximum Gasteiger partial charge on any atom is 0.335 e. The first kappa shape index (κ1) is 17.1. The first-order chi connectivity index (χ1) is 10.7. The summed E-state index contributed by atoms with van der Waals surface area (Å²) in [5.41, 5.74) is 1.02. The molecule has 5 nitrogen and oxygen atoms in total. The van der Waals surface area contributed by atoms with Crippen molar-refractivity contribution in [2.75, 3.05) is 0 Å². The molecule has 0 bridgehead atoms. The molecule has 1 heterocycles. The maximum absolute atomic E-state index is 13.8. The summed E-state index contributed by atoms with van der Waals surface area (Å²) in [5.74, 6) is -3.13. The predicted molar refractivity (Wildman–Crippen MR) is 81.1 cm³/mol. The van der Waals surface area contributed by atoms with Crippen LogP contribution in [-0.4, -0.2) is 21.3 Å². The molecule has 7 heteroatoms. The molecule has 124 valence electrons. The number of nitrogens with one attached hydrogen (secondary N) is 2. The average Bonchev–Trinajstić information content (AvgIpc) is 2.90. The third-order valence-corrected chi connectivity index (χ3v) is 3.40. The van der Waals surface area contributed by atoms with E-state index in [2.05, 4.69) is 15.5 Å². The van der Waals surface area contributed by atoms with Crippen LogP contribution in [0.1, 0.15) is 48.1 Å². The monoisotopic (exact) mass is 323 g/mol. The molecular weight excluding hydrogens is 304 g/mol. The van der Waals surface area contributed by atoms with Gasteiger partial charge >= 0.3 is 5.97 Å². The first-order valence-electron chi connectivity index (χ1n) is 7.15. The normalized spacial score (nSPS) is 11.7. The molecular formula is C16H19F2N3O2. The number of aromatic amines is 1. The molecule has 0 aliphatic rings. The molecule has 3 N–H and O–H groups in total. The van der Waals surface area contributed by atoms with E-state index in [4.69, 9.17) is 5.11 Å². The van der Waals surface area contributed by atoms with Crippen molar-refractivity contribution in [1.29, 1.82) is 0 Å². The molecule has 0 spiro atoms. The van der Waals surface area contributed by atoms with Gasteiger partial charge in [-0.2, -0.15) is 5.10 Å². The molecule has 2 aromatic rings. The molecule has 0 saturated carbocycles. The molecule has 0 radical (unpaired) electrons. The van der Waals surface area contributed by atoms with Crippen LogP contribution in [0.2, 0.25) is 0 Å². The number of carbonyl (C=O) groups is 1. The molecule has 0 unspecified atom stereocenters. The van der Waals surface area contributed by atoms with Gasteiger partial charge in [0.25, 0.3) is 0 Å². The van der Waals surface area contributed by atoms with E-state index in [-0.39, 0.29) is 17.5 Å². The number of carboxylic acids is 1. The van der Waals surface area contributed by atoms with Gasteiger partial charge in [0.2, 0.25) is 0 Å². The van der Waals surface area contributed by atoms with Crippen LogP contribution in [0.3, 0.4) is 0 Å². The zero-order chi connectivity index (χ0) is 17.2. The van der Waals surface area contributed by atoms with Gasteiger partial charge < -0.3 is 10.4 Å². The summed E-state index contributed by atoms with van der Waals surface area (Å²) in [6.45, 7) is 6.42. The van der Waals surface area contributed by atoms with E-state index in [9.17, 15) is 13.6 Å². The van der Waals surface area contributed by atoms with E-state index >= 15 is 0 Å². The Bertz CT molecular complexity index is 697. The SMILES string of the molecule is CC(C)(C)c1cc(CNCc2c(F)cc(C(=O)O)cc2F)[nH]n1. The molecule has 2 rings (SSSR count). The quantitative estimate of drug-likeness (QED) is 0.790. The van der Waals surface area contributed by atoms with E-state index in [1.807, 2.05) is 26.8 Å². The lowest BCUT2D eigenvalue weighted by atomic mass is 9.92. The highest BCUT2D eigenvalue weighted by atomic mass is 19.1. The zero-order valence-electron chi connectivity index (χ0n) is 13.2. The highest BCUT2D eigenvalue weighted by Crippen LogP contribution is 2.20. The van der Waals surface area contributed by atoms with Crippen molar-refractivity contribution in [2.45, 2.75) is 39.3 Å². The Labute approximate surface area is 132 Å². The van der Waals surface area contributed by atoms with Gasteiger partial charge in [0.1, 0.15) is 11.6 Å². The lowest BCUT2D eigenvalue weighted by Crippen LogP contribution is -2.16. The molecule has 0 aliphatic heterocycles. The van der Waals surface area contributed by atoms with E-state index < -0.39 is 23.2 Å². The van der Waals surface area contributed by atoms with Gasteiger partial charge in [0.15, 0.2) is 0 Å². The van der Waals surface area contributed by atoms with Crippen LogP contribution in [0.5, 0.6) is 0 Å². The number of halogens is 2. The lowest BCUT2D eigenvalue weighted by Gasteiger charge is -2.13. The minimum Gasteiger partial charge on any atom is -0.478 e. The summed E-state index contributed by atoms with van der Waals surface area (Å²) >= 11 is 0. The largest absolute Gasteiger partial charge is 0.478 e. The van der Waals surface area contributed by atoms with Gasteiger partial charge in [-0.1, -0.05) is 20.8 Å². The number of aromatic nitrogens is 2. The van der Waals surface area contributed by atoms with E-state index in [1.165, 1.54) is 0 Å². The van der Waals surface area contributed by atoms with Crippen molar-refractivity contribution in [2.24, 2.45) is 0 Å². The number of H-pyrrole nitrogens is 1. The van der Waals surface area contributed by atoms with Crippen molar-refractivity contribution in [3.63, 3.8) is 0 Å². The van der Waals surface area contributed by atoms with Gasteiger partial charge in [-0.15, -0.1) is 0 Å². The zero-order valence-corrected chi connectivity index (χ0v) is 13.2. The summed E-state index contributed by atoms with van der Waals surface area (Å²) in [4.78, 5) is 10.7. The highest BCUT2D eigenvalue weighted by Gasteiger charge is 2.18. The second kappa shape index (κ2) is 6.45. The molecule has 0 amide bonds. The number of nitrogens with zero attached hydrogens (tertiary/aromatic N) is 1. The van der Waals surface area contributed by atoms with Gasteiger partial charge in [0.05, 0.1) is 11.3 Å². The van der Waals surface area contributed by atoms with Gasteiger partial charge in [-0.3, -0.25) is 5.10 Å². The maximum atomic E-state index is 13.8. The number of carboxylic acid groups (broad SMARTS) is 1. The van der Waals surface area contributed by atoms with Gasteiger partial charge in [0, 0.05) is 29.8 Å². The summed E-state index contributed by atoms with van der Waals surface area (Å²) in [7, 11) is 0. The summed E-state index contributed by atoms with van der Waals surface area (Å²) in [5, 5.41) is 18.7. The van der Waals surface area contributed by atoms with Gasteiger partial charge in [-0.25, -0.2) is 13.6 Å². The van der Waals surface area contributed by atoms with Crippen LogP contribution >= 0.6 is 0 Å². The van der Waals surface area contributed by atoms with E-state index in [0.29, 0.717) is 6.54 Å². The Hall–Kier alpha value is -2.28. The Balaban J connectivity index is 2.02. The standard InChI is InChI=1S/C16H19F2N3O2/c1-16(2,3)14-6-10(20-21-14)7-19-8-11-12(17)4-9(15(22)23)5-13(11)18/h4-6,19H,7-8H2,1-3H3,(H,20,21)(H,22,23). The third kappa shape index (κ3) is 4.13. The summed E-state index contributed by atoms with van der Waals surface area (Å²) < 4.78 is 27.6. The fourth-order valence-corrected chi connectivity index (χ4v) is 2.05. The fourth-order valence-electron chi connectivity index (χ4n) is 2.05. The minimum atomic E-state index is -1.37. The molecule has 0 fully saturated rings. The summed E-state index contributed by atoms with van der Waals surface area (Å²) in [6, 6.07) is 3.53. The molecule has 0 atom stereocenters. The Morgan fingerprint density at radius 3 is 2.30 bits per heavy atom. The predicted octanol–water partition coefficient (Wildman–Crippen LogP) is 2.97. The van der Waals surface area contributed by atoms with Crippen molar-refractivity contribution < 1.29 is 18.7 Å². The van der Waals surface area contributed by atoms with Crippen LogP contribution in [0.15, 0.2) is 18.2 Å². The smallest absolute Gasteiger partial charge is 0.335 e. The highest BCUT2D eigenvalue weighted by molar-refractivity contribution is 5.87. The fraction of sp³-hybridized carbons (Fsp3) is 0.375. The first-order valence-corrected chi connectivity index (χ1v) is 7.15. The number of aromatic carboxylic acids is 1. The molecule has 1 aromatic carbocycles. The van der Waals surface area contributed by atoms with Crippen molar-refractivity contribution in [3.05, 3.63) is 52.3 Å². The number of hydrogen-bond donors (Lipinski definition) is 3. The van der Waals surface area contributed by atoms with Crippen LogP contribution in [0.4, 0.5) is 8.78 Å². The van der Waals surface area contributed by atoms with Crippen molar-refractivity contribution >= 4 is 5.97 Å². The van der Waals surface area contributed by atoms with Crippen LogP contribution in [0.25, 0.3) is 0 Å². The average molecular weight is 323 g/mol. The number of benzene rings is 1. The lowest BCUT2D eigenvalue weighted by molar-refractivity contribution is 0.0695. The molecule has 23 heavy (non-hydrogen) atoms. The second-order valence-electron chi connectivity index (χ2n) is 6.36. The van der Waals surface area contributed by atoms with Crippen LogP contribution in [-0.2, 0) is 18.5 Å². The Morgan fingerprint density at radius 2 is 1.83 bits per heavy atom. The van der Waals surface area contributed by atoms with Gasteiger partial charge in [-0.05, 0) is 18.2 Å². The number of rotatable bonds is 5. The van der Waals surface area contributed by atoms with Crippen LogP contribution < -0.4 is 5.32 Å². The van der Waals surface area contributed by atoms with Crippen molar-refractivity contribution in [1.82, 2.24) is 15.5 Å². The van der Waals surface area contributed by atoms with E-state index in [0.717, 1.165) is 23.5 Å².